The van der Waals surface area contributed by atoms with E-state index < -0.39 is 0 Å². The number of carbonyl (C=O) groups excluding carboxylic acids is 1. The first-order chi connectivity index (χ1) is 11.1. The minimum absolute atomic E-state index is 0.0962. The number of thiocarbonyl (C=S) groups is 1. The molecule has 0 aliphatic carbocycles. The molecule has 2 rings (SSSR count). The number of hydrogen-bond acceptors (Lipinski definition) is 5. The fourth-order valence-corrected chi connectivity index (χ4v) is 2.28. The third kappa shape index (κ3) is 6.07. The molecule has 0 spiro atoms. The standard InChI is InChI=1S/C16H19N3O3S/c1-12(20)21-10-8-18-16(23)19-14(15-3-2-9-22-15)11-13-4-6-17-7-5-13/h2-7,9,14H,8,10-11H2,1H3,(H2,18,19,23). The molecule has 0 aliphatic rings. The second-order valence-corrected chi connectivity index (χ2v) is 5.28. The molecule has 1 atom stereocenters. The molecule has 0 saturated carbocycles. The average Bonchev–Trinajstić information content (AvgIpc) is 3.06. The van der Waals surface area contributed by atoms with Gasteiger partial charge in [0.2, 0.25) is 0 Å². The van der Waals surface area contributed by atoms with Gasteiger partial charge in [-0.15, -0.1) is 0 Å². The largest absolute Gasteiger partial charge is 0.467 e. The number of esters is 1. The van der Waals surface area contributed by atoms with Crippen molar-refractivity contribution in [1.82, 2.24) is 15.6 Å². The Hall–Kier alpha value is -2.41. The fraction of sp³-hybridized carbons (Fsp3) is 0.312. The van der Waals surface area contributed by atoms with Crippen molar-refractivity contribution in [2.75, 3.05) is 13.2 Å². The number of nitrogens with one attached hydrogen (secondary N) is 2. The molecule has 2 N–H and O–H groups in total. The summed E-state index contributed by atoms with van der Waals surface area (Å²) in [5.74, 6) is 0.489. The second kappa shape index (κ2) is 8.89. The zero-order valence-corrected chi connectivity index (χ0v) is 13.6. The highest BCUT2D eigenvalue weighted by Crippen LogP contribution is 2.18. The Bertz CT molecular complexity index is 617. The number of ether oxygens (including phenoxy) is 1. The molecule has 23 heavy (non-hydrogen) atoms. The monoisotopic (exact) mass is 333 g/mol. The van der Waals surface area contributed by atoms with Gasteiger partial charge in [0.05, 0.1) is 18.8 Å². The first kappa shape index (κ1) is 17.0. The summed E-state index contributed by atoms with van der Waals surface area (Å²) in [6, 6.07) is 7.55. The van der Waals surface area contributed by atoms with Crippen molar-refractivity contribution >= 4 is 23.3 Å². The molecule has 122 valence electrons. The van der Waals surface area contributed by atoms with E-state index in [1.165, 1.54) is 6.92 Å². The van der Waals surface area contributed by atoms with Crippen LogP contribution < -0.4 is 10.6 Å². The predicted molar refractivity (Wildman–Crippen MR) is 89.8 cm³/mol. The van der Waals surface area contributed by atoms with Crippen LogP contribution in [0.4, 0.5) is 0 Å². The van der Waals surface area contributed by atoms with Gasteiger partial charge in [-0.3, -0.25) is 9.78 Å². The first-order valence-corrected chi connectivity index (χ1v) is 7.66. The minimum Gasteiger partial charge on any atom is -0.467 e. The van der Waals surface area contributed by atoms with Gasteiger partial charge in [-0.1, -0.05) is 0 Å². The molecule has 6 nitrogen and oxygen atoms in total. The van der Waals surface area contributed by atoms with Gasteiger partial charge >= 0.3 is 5.97 Å². The Morgan fingerprint density at radius 3 is 2.83 bits per heavy atom. The first-order valence-electron chi connectivity index (χ1n) is 7.25. The minimum atomic E-state index is -0.308. The third-order valence-electron chi connectivity index (χ3n) is 3.07. The van der Waals surface area contributed by atoms with Gasteiger partial charge in [-0.05, 0) is 48.5 Å². The van der Waals surface area contributed by atoms with Crippen LogP contribution in [0.1, 0.15) is 24.3 Å². The number of furan rings is 1. The van der Waals surface area contributed by atoms with Gasteiger partial charge in [0, 0.05) is 19.3 Å². The van der Waals surface area contributed by atoms with Crippen LogP contribution in [0.25, 0.3) is 0 Å². The lowest BCUT2D eigenvalue weighted by Gasteiger charge is -2.19. The van der Waals surface area contributed by atoms with Crippen molar-refractivity contribution in [3.8, 4) is 0 Å². The van der Waals surface area contributed by atoms with E-state index >= 15 is 0 Å². The van der Waals surface area contributed by atoms with Crippen molar-refractivity contribution in [1.29, 1.82) is 0 Å². The average molecular weight is 333 g/mol. The lowest BCUT2D eigenvalue weighted by atomic mass is 10.1. The summed E-state index contributed by atoms with van der Waals surface area (Å²) in [5, 5.41) is 6.71. The number of rotatable bonds is 7. The van der Waals surface area contributed by atoms with Crippen LogP contribution in [0.5, 0.6) is 0 Å². The van der Waals surface area contributed by atoms with E-state index in [-0.39, 0.29) is 18.6 Å². The zero-order chi connectivity index (χ0) is 16.5. The van der Waals surface area contributed by atoms with Crippen molar-refractivity contribution < 1.29 is 13.9 Å². The molecule has 0 bridgehead atoms. The fourth-order valence-electron chi connectivity index (χ4n) is 2.04. The molecule has 0 aromatic carbocycles. The molecule has 0 aliphatic heterocycles. The number of aromatic nitrogens is 1. The smallest absolute Gasteiger partial charge is 0.302 e. The van der Waals surface area contributed by atoms with E-state index in [4.69, 9.17) is 21.4 Å². The van der Waals surface area contributed by atoms with Crippen LogP contribution in [0.15, 0.2) is 47.3 Å². The topological polar surface area (TPSA) is 76.4 Å². The Morgan fingerprint density at radius 2 is 2.17 bits per heavy atom. The lowest BCUT2D eigenvalue weighted by molar-refractivity contribution is -0.140. The van der Waals surface area contributed by atoms with Crippen LogP contribution in [0.3, 0.4) is 0 Å². The summed E-state index contributed by atoms with van der Waals surface area (Å²) in [5.41, 5.74) is 1.12. The third-order valence-corrected chi connectivity index (χ3v) is 3.34. The van der Waals surface area contributed by atoms with Crippen LogP contribution in [-0.2, 0) is 16.0 Å². The Kier molecular flexibility index (Phi) is 6.56. The zero-order valence-electron chi connectivity index (χ0n) is 12.8. The van der Waals surface area contributed by atoms with Crippen LogP contribution in [0, 0.1) is 0 Å². The van der Waals surface area contributed by atoms with Gasteiger partial charge in [-0.2, -0.15) is 0 Å². The summed E-state index contributed by atoms with van der Waals surface area (Å²) in [4.78, 5) is 14.7. The highest BCUT2D eigenvalue weighted by atomic mass is 32.1. The molecular weight excluding hydrogens is 314 g/mol. The van der Waals surface area contributed by atoms with Gasteiger partial charge in [0.25, 0.3) is 0 Å². The van der Waals surface area contributed by atoms with E-state index in [2.05, 4.69) is 15.6 Å². The molecule has 0 fully saturated rings. The van der Waals surface area contributed by atoms with E-state index in [1.54, 1.807) is 18.7 Å². The van der Waals surface area contributed by atoms with Crippen LogP contribution in [-0.4, -0.2) is 29.2 Å². The Labute approximate surface area is 140 Å². The SMILES string of the molecule is CC(=O)OCCNC(=S)NC(Cc1ccncc1)c1ccco1. The molecule has 2 aromatic rings. The normalized spacial score (nSPS) is 11.5. The van der Waals surface area contributed by atoms with E-state index in [9.17, 15) is 4.79 Å². The highest BCUT2D eigenvalue weighted by Gasteiger charge is 2.16. The summed E-state index contributed by atoms with van der Waals surface area (Å²) in [7, 11) is 0. The van der Waals surface area contributed by atoms with Gasteiger partial charge in [0.1, 0.15) is 12.4 Å². The summed E-state index contributed by atoms with van der Waals surface area (Å²) >= 11 is 5.28. The van der Waals surface area contributed by atoms with Gasteiger partial charge in [0.15, 0.2) is 5.11 Å². The van der Waals surface area contributed by atoms with Gasteiger partial charge < -0.3 is 19.8 Å². The maximum absolute atomic E-state index is 10.7. The van der Waals surface area contributed by atoms with Crippen LogP contribution >= 0.6 is 12.2 Å². The lowest BCUT2D eigenvalue weighted by Crippen LogP contribution is -2.40. The highest BCUT2D eigenvalue weighted by molar-refractivity contribution is 7.80. The molecule has 2 aromatic heterocycles. The molecule has 1 unspecified atom stereocenters. The molecule has 0 saturated heterocycles. The molecule has 0 amide bonds. The molecule has 7 heteroatoms. The van der Waals surface area contributed by atoms with Crippen molar-refractivity contribution in [3.63, 3.8) is 0 Å². The quantitative estimate of drug-likeness (QED) is 0.456. The molecule has 2 heterocycles. The van der Waals surface area contributed by atoms with Crippen LogP contribution in [0.2, 0.25) is 0 Å². The van der Waals surface area contributed by atoms with Crippen molar-refractivity contribution in [2.24, 2.45) is 0 Å². The van der Waals surface area contributed by atoms with Gasteiger partial charge in [-0.25, -0.2) is 0 Å². The maximum Gasteiger partial charge on any atom is 0.302 e. The molecular formula is C16H19N3O3S. The van der Waals surface area contributed by atoms with E-state index in [0.29, 0.717) is 18.1 Å². The second-order valence-electron chi connectivity index (χ2n) is 4.87. The Morgan fingerprint density at radius 1 is 1.39 bits per heavy atom. The number of nitrogens with zero attached hydrogens (tertiary/aromatic N) is 1. The molecule has 0 radical (unpaired) electrons. The summed E-state index contributed by atoms with van der Waals surface area (Å²) in [6.45, 7) is 2.09. The van der Waals surface area contributed by atoms with E-state index in [0.717, 1.165) is 11.3 Å². The van der Waals surface area contributed by atoms with Crippen molar-refractivity contribution in [2.45, 2.75) is 19.4 Å². The summed E-state index contributed by atoms with van der Waals surface area (Å²) in [6.07, 6.45) is 5.85. The number of pyridine rings is 1. The summed E-state index contributed by atoms with van der Waals surface area (Å²) < 4.78 is 10.3. The number of hydrogen-bond donors (Lipinski definition) is 2. The Balaban J connectivity index is 1.90. The predicted octanol–water partition coefficient (Wildman–Crippen LogP) is 1.99. The maximum atomic E-state index is 10.7. The van der Waals surface area contributed by atoms with Crippen molar-refractivity contribution in [3.05, 3.63) is 54.2 Å². The van der Waals surface area contributed by atoms with E-state index in [1.807, 2.05) is 24.3 Å². The number of carbonyl (C=O) groups is 1.